The summed E-state index contributed by atoms with van der Waals surface area (Å²) in [6.07, 6.45) is 4.14. The number of piperidine rings is 1. The van der Waals surface area contributed by atoms with Gasteiger partial charge in [0.15, 0.2) is 0 Å². The first-order valence-electron chi connectivity index (χ1n) is 7.21. The Morgan fingerprint density at radius 2 is 1.84 bits per heavy atom. The number of amides is 1. The summed E-state index contributed by atoms with van der Waals surface area (Å²) in [5.74, 6) is 0.309. The van der Waals surface area contributed by atoms with E-state index < -0.39 is 0 Å². The molecule has 3 nitrogen and oxygen atoms in total. The van der Waals surface area contributed by atoms with Crippen LogP contribution in [0, 0.1) is 5.41 Å². The van der Waals surface area contributed by atoms with E-state index in [4.69, 9.17) is 0 Å². The molecule has 1 aliphatic heterocycles. The monoisotopic (exact) mass is 259 g/mol. The van der Waals surface area contributed by atoms with Crippen molar-refractivity contribution in [3.8, 4) is 0 Å². The van der Waals surface area contributed by atoms with E-state index in [1.54, 1.807) is 0 Å². The minimum atomic E-state index is -0.215. The van der Waals surface area contributed by atoms with Crippen molar-refractivity contribution < 1.29 is 9.90 Å². The van der Waals surface area contributed by atoms with E-state index in [0.717, 1.165) is 45.2 Å². The molecule has 1 aromatic rings. The molecule has 102 valence electrons. The number of carbonyl (C=O) groups excluding carboxylic acids is 1. The van der Waals surface area contributed by atoms with Crippen molar-refractivity contribution in [3.63, 3.8) is 0 Å². The Morgan fingerprint density at radius 3 is 2.42 bits per heavy atom. The normalized spacial score (nSPS) is 22.3. The van der Waals surface area contributed by atoms with Crippen molar-refractivity contribution >= 4 is 5.91 Å². The highest BCUT2D eigenvalue weighted by molar-refractivity contribution is 5.85. The molecule has 0 unspecified atom stereocenters. The molecule has 0 radical (unpaired) electrons. The first-order valence-corrected chi connectivity index (χ1v) is 7.21. The highest BCUT2D eigenvalue weighted by Crippen LogP contribution is 2.50. The number of benzene rings is 1. The van der Waals surface area contributed by atoms with Crippen molar-refractivity contribution in [3.05, 3.63) is 35.9 Å². The summed E-state index contributed by atoms with van der Waals surface area (Å²) in [6.45, 7) is 1.44. The summed E-state index contributed by atoms with van der Waals surface area (Å²) in [5.41, 5.74) is 1.12. The SMILES string of the molecule is O=C(N1CCC(O)CC1)C1(Cc2ccccc2)CC1. The Balaban J connectivity index is 1.66. The van der Waals surface area contributed by atoms with Gasteiger partial charge in [-0.25, -0.2) is 0 Å². The number of aliphatic hydroxyl groups is 1. The molecule has 1 aliphatic carbocycles. The van der Waals surface area contributed by atoms with Crippen molar-refractivity contribution in [2.45, 2.75) is 38.2 Å². The van der Waals surface area contributed by atoms with E-state index in [2.05, 4.69) is 12.1 Å². The summed E-state index contributed by atoms with van der Waals surface area (Å²) < 4.78 is 0. The fourth-order valence-corrected chi connectivity index (χ4v) is 3.01. The Labute approximate surface area is 114 Å². The lowest BCUT2D eigenvalue weighted by atomic mass is 9.94. The van der Waals surface area contributed by atoms with Crippen LogP contribution in [0.4, 0.5) is 0 Å². The summed E-state index contributed by atoms with van der Waals surface area (Å²) in [6, 6.07) is 10.3. The molecule has 1 N–H and O–H groups in total. The Morgan fingerprint density at radius 1 is 1.21 bits per heavy atom. The van der Waals surface area contributed by atoms with Gasteiger partial charge in [-0.15, -0.1) is 0 Å². The van der Waals surface area contributed by atoms with Gasteiger partial charge in [0.1, 0.15) is 0 Å². The zero-order valence-electron chi connectivity index (χ0n) is 11.2. The predicted octanol–water partition coefficient (Wildman–Crippen LogP) is 1.99. The number of carbonyl (C=O) groups is 1. The highest BCUT2D eigenvalue weighted by Gasteiger charge is 2.51. The number of rotatable bonds is 3. The predicted molar refractivity (Wildman–Crippen MR) is 73.6 cm³/mol. The zero-order chi connectivity index (χ0) is 13.3. The van der Waals surface area contributed by atoms with E-state index in [1.807, 2.05) is 23.1 Å². The van der Waals surface area contributed by atoms with E-state index in [1.165, 1.54) is 5.56 Å². The van der Waals surface area contributed by atoms with Gasteiger partial charge in [0.05, 0.1) is 11.5 Å². The molecule has 1 saturated carbocycles. The molecule has 19 heavy (non-hydrogen) atoms. The number of hydrogen-bond donors (Lipinski definition) is 1. The van der Waals surface area contributed by atoms with Crippen LogP contribution in [-0.2, 0) is 11.2 Å². The highest BCUT2D eigenvalue weighted by atomic mass is 16.3. The Bertz CT molecular complexity index is 445. The first kappa shape index (κ1) is 12.7. The van der Waals surface area contributed by atoms with Gasteiger partial charge in [0.2, 0.25) is 5.91 Å². The van der Waals surface area contributed by atoms with Gasteiger partial charge in [0.25, 0.3) is 0 Å². The summed E-state index contributed by atoms with van der Waals surface area (Å²) in [4.78, 5) is 14.6. The average Bonchev–Trinajstić information content (AvgIpc) is 3.21. The molecule has 3 heteroatoms. The molecule has 1 heterocycles. The molecule has 2 fully saturated rings. The third-order valence-electron chi connectivity index (χ3n) is 4.44. The standard InChI is InChI=1S/C16H21NO2/c18-14-6-10-17(11-7-14)15(19)16(8-9-16)12-13-4-2-1-3-5-13/h1-5,14,18H,6-12H2. The van der Waals surface area contributed by atoms with Crippen LogP contribution in [0.15, 0.2) is 30.3 Å². The first-order chi connectivity index (χ1) is 9.20. The van der Waals surface area contributed by atoms with Crippen LogP contribution in [0.3, 0.4) is 0 Å². The van der Waals surface area contributed by atoms with Crippen LogP contribution >= 0.6 is 0 Å². The van der Waals surface area contributed by atoms with Crippen LogP contribution in [0.2, 0.25) is 0 Å². The summed E-state index contributed by atoms with van der Waals surface area (Å²) in [7, 11) is 0. The molecule has 0 atom stereocenters. The van der Waals surface area contributed by atoms with Gasteiger partial charge in [-0.2, -0.15) is 0 Å². The number of nitrogens with zero attached hydrogens (tertiary/aromatic N) is 1. The van der Waals surface area contributed by atoms with E-state index in [0.29, 0.717) is 5.91 Å². The van der Waals surface area contributed by atoms with E-state index >= 15 is 0 Å². The van der Waals surface area contributed by atoms with Gasteiger partial charge in [0, 0.05) is 13.1 Å². The third-order valence-corrected chi connectivity index (χ3v) is 4.44. The fraction of sp³-hybridized carbons (Fsp3) is 0.562. The molecule has 1 amide bonds. The van der Waals surface area contributed by atoms with Gasteiger partial charge in [-0.1, -0.05) is 30.3 Å². The van der Waals surface area contributed by atoms with Crippen molar-refractivity contribution in [1.29, 1.82) is 0 Å². The van der Waals surface area contributed by atoms with Gasteiger partial charge in [-0.05, 0) is 37.7 Å². The minimum absolute atomic E-state index is 0.135. The molecule has 0 aromatic heterocycles. The molecule has 2 aliphatic rings. The molecule has 0 spiro atoms. The summed E-state index contributed by atoms with van der Waals surface area (Å²) in [5, 5.41) is 9.52. The zero-order valence-corrected chi connectivity index (χ0v) is 11.2. The second-order valence-electron chi connectivity index (χ2n) is 5.97. The van der Waals surface area contributed by atoms with Gasteiger partial charge < -0.3 is 10.0 Å². The Hall–Kier alpha value is -1.35. The summed E-state index contributed by atoms with van der Waals surface area (Å²) >= 11 is 0. The van der Waals surface area contributed by atoms with Crippen molar-refractivity contribution in [1.82, 2.24) is 4.90 Å². The van der Waals surface area contributed by atoms with Gasteiger partial charge in [-0.3, -0.25) is 4.79 Å². The quantitative estimate of drug-likeness (QED) is 0.902. The van der Waals surface area contributed by atoms with Crippen molar-refractivity contribution in [2.75, 3.05) is 13.1 Å². The number of likely N-dealkylation sites (tertiary alicyclic amines) is 1. The molecular weight excluding hydrogens is 238 g/mol. The third kappa shape index (κ3) is 2.66. The Kier molecular flexibility index (Phi) is 3.31. The second kappa shape index (κ2) is 4.97. The minimum Gasteiger partial charge on any atom is -0.393 e. The van der Waals surface area contributed by atoms with Crippen LogP contribution in [0.5, 0.6) is 0 Å². The lowest BCUT2D eigenvalue weighted by molar-refractivity contribution is -0.139. The number of hydrogen-bond acceptors (Lipinski definition) is 2. The maximum Gasteiger partial charge on any atom is 0.229 e. The lowest BCUT2D eigenvalue weighted by Gasteiger charge is -2.32. The van der Waals surface area contributed by atoms with Crippen LogP contribution in [0.1, 0.15) is 31.2 Å². The molecule has 0 bridgehead atoms. The smallest absolute Gasteiger partial charge is 0.229 e. The largest absolute Gasteiger partial charge is 0.393 e. The van der Waals surface area contributed by atoms with E-state index in [9.17, 15) is 9.90 Å². The lowest BCUT2D eigenvalue weighted by Crippen LogP contribution is -2.44. The molecule has 1 saturated heterocycles. The van der Waals surface area contributed by atoms with Gasteiger partial charge >= 0.3 is 0 Å². The maximum atomic E-state index is 12.6. The topological polar surface area (TPSA) is 40.5 Å². The fourth-order valence-electron chi connectivity index (χ4n) is 3.01. The maximum absolute atomic E-state index is 12.6. The van der Waals surface area contributed by atoms with Crippen LogP contribution in [0.25, 0.3) is 0 Å². The van der Waals surface area contributed by atoms with Crippen molar-refractivity contribution in [2.24, 2.45) is 5.41 Å². The molecule has 3 rings (SSSR count). The average molecular weight is 259 g/mol. The van der Waals surface area contributed by atoms with Crippen LogP contribution in [-0.4, -0.2) is 35.1 Å². The van der Waals surface area contributed by atoms with E-state index in [-0.39, 0.29) is 11.5 Å². The second-order valence-corrected chi connectivity index (χ2v) is 5.97. The molecular formula is C16H21NO2. The number of aliphatic hydroxyl groups excluding tert-OH is 1. The van der Waals surface area contributed by atoms with Crippen LogP contribution < -0.4 is 0 Å². The molecule has 1 aromatic carbocycles.